The van der Waals surface area contributed by atoms with Gasteiger partial charge in [-0.15, -0.1) is 5.10 Å². The third-order valence-corrected chi connectivity index (χ3v) is 1.82. The molecule has 0 aliphatic carbocycles. The Kier molecular flexibility index (Phi) is 1.15. The molecular formula is C7H8N4. The molecule has 0 saturated heterocycles. The number of fused-ring (bicyclic) bond motifs is 1. The molecule has 4 nitrogen and oxygen atoms in total. The fourth-order valence-electron chi connectivity index (χ4n) is 1.06. The van der Waals surface area contributed by atoms with Crippen molar-refractivity contribution in [3.8, 4) is 0 Å². The van der Waals surface area contributed by atoms with Crippen LogP contribution in [-0.4, -0.2) is 19.6 Å². The molecule has 0 aromatic carbocycles. The topological polar surface area (TPSA) is 43.1 Å². The fraction of sp³-hybridized carbons (Fsp3) is 0.286. The van der Waals surface area contributed by atoms with Gasteiger partial charge in [-0.05, 0) is 13.8 Å². The highest BCUT2D eigenvalue weighted by atomic mass is 15.2. The molecule has 0 saturated carbocycles. The maximum atomic E-state index is 4.27. The Hall–Kier alpha value is -1.45. The van der Waals surface area contributed by atoms with Gasteiger partial charge >= 0.3 is 0 Å². The molecule has 2 aromatic rings. The zero-order valence-electron chi connectivity index (χ0n) is 6.44. The lowest BCUT2D eigenvalue weighted by Gasteiger charge is -1.91. The highest BCUT2D eigenvalue weighted by Crippen LogP contribution is 2.06. The molecular weight excluding hydrogens is 140 g/mol. The molecule has 2 aromatic heterocycles. The number of hydrogen-bond acceptors (Lipinski definition) is 3. The quantitative estimate of drug-likeness (QED) is 0.553. The van der Waals surface area contributed by atoms with Gasteiger partial charge in [0.1, 0.15) is 6.33 Å². The van der Waals surface area contributed by atoms with E-state index in [4.69, 9.17) is 0 Å². The fourth-order valence-corrected chi connectivity index (χ4v) is 1.06. The van der Waals surface area contributed by atoms with Crippen molar-refractivity contribution < 1.29 is 0 Å². The minimum Gasteiger partial charge on any atom is -0.285 e. The van der Waals surface area contributed by atoms with Crippen LogP contribution in [0.3, 0.4) is 0 Å². The summed E-state index contributed by atoms with van der Waals surface area (Å²) in [5.74, 6) is 0. The second-order valence-electron chi connectivity index (χ2n) is 2.49. The molecule has 0 atom stereocenters. The molecule has 11 heavy (non-hydrogen) atoms. The zero-order chi connectivity index (χ0) is 7.84. The average Bonchev–Trinajstić information content (AvgIpc) is 2.30. The van der Waals surface area contributed by atoms with Gasteiger partial charge in [-0.25, -0.2) is 4.98 Å². The van der Waals surface area contributed by atoms with Gasteiger partial charge in [0.15, 0.2) is 5.65 Å². The minimum atomic E-state index is 0.856. The van der Waals surface area contributed by atoms with Crippen LogP contribution in [0, 0.1) is 13.8 Å². The number of aryl methyl sites for hydroxylation is 2. The molecule has 0 radical (unpaired) electrons. The van der Waals surface area contributed by atoms with Gasteiger partial charge in [0.25, 0.3) is 0 Å². The number of imidazole rings is 1. The molecule has 2 rings (SSSR count). The Morgan fingerprint density at radius 3 is 2.82 bits per heavy atom. The monoisotopic (exact) mass is 148 g/mol. The second kappa shape index (κ2) is 2.02. The summed E-state index contributed by atoms with van der Waals surface area (Å²) in [5.41, 5.74) is 3.00. The average molecular weight is 148 g/mol. The molecule has 0 fully saturated rings. The minimum absolute atomic E-state index is 0.856. The number of aromatic nitrogens is 4. The van der Waals surface area contributed by atoms with Gasteiger partial charge in [0.05, 0.1) is 11.9 Å². The first-order valence-electron chi connectivity index (χ1n) is 3.41. The first-order chi connectivity index (χ1) is 5.29. The van der Waals surface area contributed by atoms with Crippen LogP contribution in [0.2, 0.25) is 0 Å². The lowest BCUT2D eigenvalue weighted by atomic mass is 10.4. The van der Waals surface area contributed by atoms with Gasteiger partial charge in [-0.1, -0.05) is 0 Å². The molecule has 0 aliphatic rings. The van der Waals surface area contributed by atoms with E-state index >= 15 is 0 Å². The van der Waals surface area contributed by atoms with Crippen molar-refractivity contribution in [3.05, 3.63) is 23.9 Å². The Morgan fingerprint density at radius 1 is 1.27 bits per heavy atom. The molecule has 0 aliphatic heterocycles. The van der Waals surface area contributed by atoms with E-state index in [-0.39, 0.29) is 0 Å². The van der Waals surface area contributed by atoms with E-state index in [1.165, 1.54) is 0 Å². The van der Waals surface area contributed by atoms with E-state index in [1.807, 2.05) is 18.2 Å². The summed E-state index contributed by atoms with van der Waals surface area (Å²) in [6.07, 6.45) is 3.32. The molecule has 0 N–H and O–H groups in total. The number of rotatable bonds is 0. The van der Waals surface area contributed by atoms with Crippen molar-refractivity contribution in [2.24, 2.45) is 0 Å². The van der Waals surface area contributed by atoms with E-state index in [1.54, 1.807) is 12.5 Å². The smallest absolute Gasteiger partial charge is 0.158 e. The molecule has 2 heterocycles. The van der Waals surface area contributed by atoms with Crippen LogP contribution in [0.25, 0.3) is 5.65 Å². The second-order valence-corrected chi connectivity index (χ2v) is 2.49. The van der Waals surface area contributed by atoms with Crippen LogP contribution >= 0.6 is 0 Å². The summed E-state index contributed by atoms with van der Waals surface area (Å²) in [7, 11) is 0. The third-order valence-electron chi connectivity index (χ3n) is 1.82. The van der Waals surface area contributed by atoms with E-state index in [0.29, 0.717) is 0 Å². The summed E-state index contributed by atoms with van der Waals surface area (Å²) in [4.78, 5) is 4.27. The Morgan fingerprint density at radius 2 is 2.09 bits per heavy atom. The van der Waals surface area contributed by atoms with Gasteiger partial charge in [0, 0.05) is 5.69 Å². The predicted octanol–water partition coefficient (Wildman–Crippen LogP) is 0.741. The van der Waals surface area contributed by atoms with Crippen LogP contribution in [0.4, 0.5) is 0 Å². The van der Waals surface area contributed by atoms with Crippen molar-refractivity contribution in [2.75, 3.05) is 0 Å². The van der Waals surface area contributed by atoms with Crippen LogP contribution in [0.5, 0.6) is 0 Å². The lowest BCUT2D eigenvalue weighted by Crippen LogP contribution is -1.90. The van der Waals surface area contributed by atoms with Crippen molar-refractivity contribution in [1.82, 2.24) is 19.6 Å². The Bertz CT molecular complexity index is 390. The van der Waals surface area contributed by atoms with Crippen molar-refractivity contribution >= 4 is 5.65 Å². The molecule has 0 amide bonds. The highest BCUT2D eigenvalue weighted by molar-refractivity contribution is 5.38. The van der Waals surface area contributed by atoms with Crippen molar-refractivity contribution in [3.63, 3.8) is 0 Å². The summed E-state index contributed by atoms with van der Waals surface area (Å²) in [5, 5.41) is 7.49. The van der Waals surface area contributed by atoms with E-state index < -0.39 is 0 Å². The third kappa shape index (κ3) is 0.790. The Labute approximate surface area is 63.9 Å². The van der Waals surface area contributed by atoms with Crippen molar-refractivity contribution in [1.29, 1.82) is 0 Å². The summed E-state index contributed by atoms with van der Waals surface area (Å²) < 4.78 is 1.92. The predicted molar refractivity (Wildman–Crippen MR) is 40.3 cm³/mol. The van der Waals surface area contributed by atoms with Crippen molar-refractivity contribution in [2.45, 2.75) is 13.8 Å². The summed E-state index contributed by atoms with van der Waals surface area (Å²) in [6.45, 7) is 3.99. The van der Waals surface area contributed by atoms with Gasteiger partial charge in [-0.3, -0.25) is 4.40 Å². The summed E-state index contributed by atoms with van der Waals surface area (Å²) in [6, 6.07) is 0. The van der Waals surface area contributed by atoms with Gasteiger partial charge in [-0.2, -0.15) is 5.10 Å². The molecule has 0 spiro atoms. The first kappa shape index (κ1) is 6.27. The normalized spacial score (nSPS) is 10.7. The molecule has 0 bridgehead atoms. The largest absolute Gasteiger partial charge is 0.285 e. The van der Waals surface area contributed by atoms with Crippen LogP contribution in [-0.2, 0) is 0 Å². The maximum Gasteiger partial charge on any atom is 0.158 e. The van der Waals surface area contributed by atoms with E-state index in [2.05, 4.69) is 15.2 Å². The number of hydrogen-bond donors (Lipinski definition) is 0. The SMILES string of the molecule is Cc1nc2cnncn2c1C. The van der Waals surface area contributed by atoms with E-state index in [9.17, 15) is 0 Å². The van der Waals surface area contributed by atoms with Crippen LogP contribution in [0.15, 0.2) is 12.5 Å². The Balaban J connectivity index is 2.92. The maximum absolute atomic E-state index is 4.27. The van der Waals surface area contributed by atoms with Gasteiger partial charge < -0.3 is 0 Å². The first-order valence-corrected chi connectivity index (χ1v) is 3.41. The van der Waals surface area contributed by atoms with E-state index in [0.717, 1.165) is 17.0 Å². The molecule has 4 heteroatoms. The van der Waals surface area contributed by atoms with Gasteiger partial charge in [0.2, 0.25) is 0 Å². The standard InChI is InChI=1S/C7H8N4/c1-5-6(2)11-4-9-8-3-7(11)10-5/h3-4H,1-2H3. The lowest BCUT2D eigenvalue weighted by molar-refractivity contribution is 0.926. The zero-order valence-corrected chi connectivity index (χ0v) is 6.44. The molecule has 56 valence electrons. The summed E-state index contributed by atoms with van der Waals surface area (Å²) >= 11 is 0. The highest BCUT2D eigenvalue weighted by Gasteiger charge is 2.01. The van der Waals surface area contributed by atoms with Crippen LogP contribution < -0.4 is 0 Å². The molecule has 0 unspecified atom stereocenters. The number of nitrogens with zero attached hydrogens (tertiary/aromatic N) is 4. The van der Waals surface area contributed by atoms with Crippen LogP contribution in [0.1, 0.15) is 11.4 Å².